The molecule has 2 saturated heterocycles. The van der Waals surface area contributed by atoms with Crippen molar-refractivity contribution in [1.82, 2.24) is 15.8 Å². The fraction of sp³-hybridized carbons (Fsp3) is 0.909. The molecular weight excluding hydrogens is 206 g/mol. The number of nitrogens with one attached hydrogen (secondary N) is 2. The topological polar surface area (TPSA) is 53.6 Å². The molecule has 2 rings (SSSR count). The summed E-state index contributed by atoms with van der Waals surface area (Å²) in [4.78, 5) is 12.0. The molecule has 0 aromatic heterocycles. The molecule has 0 aromatic rings. The van der Waals surface area contributed by atoms with Crippen molar-refractivity contribution in [1.29, 1.82) is 0 Å². The van der Waals surface area contributed by atoms with Gasteiger partial charge in [0.15, 0.2) is 0 Å². The minimum atomic E-state index is 0.117. The molecule has 2 N–H and O–H groups in total. The van der Waals surface area contributed by atoms with Gasteiger partial charge in [0.1, 0.15) is 0 Å². The average Bonchev–Trinajstić information content (AvgIpc) is 2.30. The van der Waals surface area contributed by atoms with Crippen LogP contribution in [0.1, 0.15) is 13.3 Å². The number of nitrogens with zero attached hydrogens (tertiary/aromatic N) is 1. The van der Waals surface area contributed by atoms with Crippen molar-refractivity contribution in [2.24, 2.45) is 11.8 Å². The fourth-order valence-electron chi connectivity index (χ4n) is 2.28. The number of hydrazine groups is 1. The molecular formula is C11H21N3O2. The highest BCUT2D eigenvalue weighted by molar-refractivity contribution is 5.78. The molecule has 0 saturated carbocycles. The van der Waals surface area contributed by atoms with Gasteiger partial charge in [0, 0.05) is 19.6 Å². The smallest absolute Gasteiger partial charge is 0.238 e. The lowest BCUT2D eigenvalue weighted by atomic mass is 9.91. The van der Waals surface area contributed by atoms with Crippen LogP contribution in [0.5, 0.6) is 0 Å². The summed E-state index contributed by atoms with van der Waals surface area (Å²) in [6, 6.07) is 0. The first kappa shape index (κ1) is 11.8. The number of hydrogen-bond donors (Lipinski definition) is 2. The Hall–Kier alpha value is -0.650. The van der Waals surface area contributed by atoms with Crippen LogP contribution in [0.25, 0.3) is 0 Å². The van der Waals surface area contributed by atoms with Crippen molar-refractivity contribution >= 4 is 5.91 Å². The minimum absolute atomic E-state index is 0.117. The quantitative estimate of drug-likeness (QED) is 0.674. The number of amides is 1. The number of morpholine rings is 1. The number of rotatable bonds is 2. The molecule has 92 valence electrons. The molecule has 0 bridgehead atoms. The number of carbonyl (C=O) groups excluding carboxylic acids is 1. The van der Waals surface area contributed by atoms with Gasteiger partial charge in [-0.15, -0.1) is 0 Å². The van der Waals surface area contributed by atoms with Crippen LogP contribution >= 0.6 is 0 Å². The first-order valence-corrected chi connectivity index (χ1v) is 6.09. The first-order valence-electron chi connectivity index (χ1n) is 6.09. The van der Waals surface area contributed by atoms with Gasteiger partial charge in [-0.05, 0) is 18.9 Å². The average molecular weight is 227 g/mol. The molecule has 16 heavy (non-hydrogen) atoms. The van der Waals surface area contributed by atoms with Crippen molar-refractivity contribution < 1.29 is 9.53 Å². The maximum atomic E-state index is 12.0. The largest absolute Gasteiger partial charge is 0.379 e. The van der Waals surface area contributed by atoms with Gasteiger partial charge >= 0.3 is 0 Å². The predicted molar refractivity (Wildman–Crippen MR) is 60.7 cm³/mol. The SMILES string of the molecule is CC1CNCC(C(=O)NN2CCOCC2)C1. The standard InChI is InChI=1S/C11H21N3O2/c1-9-6-10(8-12-7-9)11(15)13-14-2-4-16-5-3-14/h9-10,12H,2-8H2,1H3,(H,13,15). The van der Waals surface area contributed by atoms with Gasteiger partial charge in [-0.2, -0.15) is 0 Å². The zero-order valence-electron chi connectivity index (χ0n) is 9.87. The van der Waals surface area contributed by atoms with Crippen molar-refractivity contribution in [3.8, 4) is 0 Å². The Balaban J connectivity index is 1.77. The van der Waals surface area contributed by atoms with Crippen molar-refractivity contribution in [3.63, 3.8) is 0 Å². The Morgan fingerprint density at radius 1 is 1.38 bits per heavy atom. The van der Waals surface area contributed by atoms with Crippen LogP contribution in [0.2, 0.25) is 0 Å². The summed E-state index contributed by atoms with van der Waals surface area (Å²) in [5, 5.41) is 5.26. The monoisotopic (exact) mass is 227 g/mol. The van der Waals surface area contributed by atoms with Crippen LogP contribution in [0.4, 0.5) is 0 Å². The van der Waals surface area contributed by atoms with Gasteiger partial charge in [-0.25, -0.2) is 5.01 Å². The van der Waals surface area contributed by atoms with E-state index in [2.05, 4.69) is 17.7 Å². The predicted octanol–water partition coefficient (Wildman–Crippen LogP) is -0.405. The van der Waals surface area contributed by atoms with Crippen LogP contribution in [0.15, 0.2) is 0 Å². The van der Waals surface area contributed by atoms with Crippen molar-refractivity contribution in [2.75, 3.05) is 39.4 Å². The van der Waals surface area contributed by atoms with E-state index >= 15 is 0 Å². The van der Waals surface area contributed by atoms with E-state index in [1.54, 1.807) is 0 Å². The highest BCUT2D eigenvalue weighted by atomic mass is 16.5. The molecule has 2 fully saturated rings. The third kappa shape index (κ3) is 3.17. The summed E-state index contributed by atoms with van der Waals surface area (Å²) in [5.41, 5.74) is 2.98. The van der Waals surface area contributed by atoms with E-state index in [1.807, 2.05) is 5.01 Å². The van der Waals surface area contributed by atoms with Gasteiger partial charge in [0.05, 0.1) is 19.1 Å². The highest BCUT2D eigenvalue weighted by Crippen LogP contribution is 2.15. The zero-order chi connectivity index (χ0) is 11.4. The second-order valence-electron chi connectivity index (χ2n) is 4.77. The van der Waals surface area contributed by atoms with Gasteiger partial charge in [-0.3, -0.25) is 10.2 Å². The molecule has 0 aromatic carbocycles. The molecule has 2 atom stereocenters. The summed E-state index contributed by atoms with van der Waals surface area (Å²) in [7, 11) is 0. The molecule has 2 aliphatic heterocycles. The lowest BCUT2D eigenvalue weighted by molar-refractivity contribution is -0.133. The Bertz CT molecular complexity index is 241. The Morgan fingerprint density at radius 2 is 2.12 bits per heavy atom. The molecule has 2 unspecified atom stereocenters. The highest BCUT2D eigenvalue weighted by Gasteiger charge is 2.26. The number of hydrogen-bond acceptors (Lipinski definition) is 4. The molecule has 5 nitrogen and oxygen atoms in total. The van der Waals surface area contributed by atoms with Gasteiger partial charge < -0.3 is 10.1 Å². The molecule has 0 radical (unpaired) electrons. The third-order valence-corrected chi connectivity index (χ3v) is 3.22. The van der Waals surface area contributed by atoms with E-state index < -0.39 is 0 Å². The second kappa shape index (κ2) is 5.61. The molecule has 2 heterocycles. The van der Waals surface area contributed by atoms with E-state index in [4.69, 9.17) is 4.74 Å². The van der Waals surface area contributed by atoms with E-state index in [-0.39, 0.29) is 11.8 Å². The van der Waals surface area contributed by atoms with E-state index in [0.29, 0.717) is 19.1 Å². The molecule has 2 aliphatic rings. The van der Waals surface area contributed by atoms with E-state index in [1.165, 1.54) is 0 Å². The van der Waals surface area contributed by atoms with Crippen LogP contribution in [0.3, 0.4) is 0 Å². The zero-order valence-corrected chi connectivity index (χ0v) is 9.87. The van der Waals surface area contributed by atoms with Crippen LogP contribution in [-0.2, 0) is 9.53 Å². The van der Waals surface area contributed by atoms with Crippen molar-refractivity contribution in [3.05, 3.63) is 0 Å². The van der Waals surface area contributed by atoms with Crippen LogP contribution in [-0.4, -0.2) is 50.3 Å². The molecule has 0 spiro atoms. The first-order chi connectivity index (χ1) is 7.75. The summed E-state index contributed by atoms with van der Waals surface area (Å²) in [6.07, 6.45) is 0.989. The third-order valence-electron chi connectivity index (χ3n) is 3.22. The van der Waals surface area contributed by atoms with Gasteiger partial charge in [-0.1, -0.05) is 6.92 Å². The lowest BCUT2D eigenvalue weighted by Crippen LogP contribution is -2.52. The maximum Gasteiger partial charge on any atom is 0.238 e. The van der Waals surface area contributed by atoms with E-state index in [0.717, 1.165) is 32.6 Å². The van der Waals surface area contributed by atoms with Crippen molar-refractivity contribution in [2.45, 2.75) is 13.3 Å². The summed E-state index contributed by atoms with van der Waals surface area (Å²) >= 11 is 0. The summed E-state index contributed by atoms with van der Waals surface area (Å²) < 4.78 is 5.24. The molecule has 1 amide bonds. The lowest BCUT2D eigenvalue weighted by Gasteiger charge is -2.31. The minimum Gasteiger partial charge on any atom is -0.379 e. The number of ether oxygens (including phenoxy) is 1. The number of carbonyl (C=O) groups is 1. The van der Waals surface area contributed by atoms with E-state index in [9.17, 15) is 4.79 Å². The Kier molecular flexibility index (Phi) is 4.15. The molecule has 0 aliphatic carbocycles. The summed E-state index contributed by atoms with van der Waals surface area (Å²) in [5.74, 6) is 0.863. The second-order valence-corrected chi connectivity index (χ2v) is 4.77. The normalized spacial score (nSPS) is 32.3. The number of piperidine rings is 1. The van der Waals surface area contributed by atoms with Gasteiger partial charge in [0.2, 0.25) is 5.91 Å². The van der Waals surface area contributed by atoms with Gasteiger partial charge in [0.25, 0.3) is 0 Å². The fourth-order valence-corrected chi connectivity index (χ4v) is 2.28. The van der Waals surface area contributed by atoms with Crippen LogP contribution in [0, 0.1) is 11.8 Å². The van der Waals surface area contributed by atoms with Crippen LogP contribution < -0.4 is 10.7 Å². The summed E-state index contributed by atoms with van der Waals surface area (Å²) in [6.45, 7) is 7.02. The Labute approximate surface area is 96.5 Å². The Morgan fingerprint density at radius 3 is 2.81 bits per heavy atom. The maximum absolute atomic E-state index is 12.0. The molecule has 5 heteroatoms.